The fraction of sp³-hybridized carbons (Fsp3) is 0.700. The van der Waals surface area contributed by atoms with E-state index in [2.05, 4.69) is 25.4 Å². The normalized spacial score (nSPS) is 19.4. The lowest BCUT2D eigenvalue weighted by molar-refractivity contribution is -0.137. The molecule has 7 heteroatoms. The summed E-state index contributed by atoms with van der Waals surface area (Å²) in [6.45, 7) is 6.25. The van der Waals surface area contributed by atoms with Crippen LogP contribution in [0.1, 0.15) is 31.4 Å². The van der Waals surface area contributed by atoms with Gasteiger partial charge in [-0.25, -0.2) is 0 Å². The lowest BCUT2D eigenvalue weighted by Crippen LogP contribution is -2.52. The van der Waals surface area contributed by atoms with Crippen LogP contribution < -0.4 is 10.6 Å². The lowest BCUT2D eigenvalue weighted by Gasteiger charge is -2.36. The summed E-state index contributed by atoms with van der Waals surface area (Å²) in [6.07, 6.45) is 7.16. The minimum atomic E-state index is 0.300. The van der Waals surface area contributed by atoms with Crippen LogP contribution in [0.25, 0.3) is 0 Å². The van der Waals surface area contributed by atoms with Crippen LogP contribution in [-0.4, -0.2) is 74.5 Å². The van der Waals surface area contributed by atoms with Gasteiger partial charge in [0.25, 0.3) is 0 Å². The third kappa shape index (κ3) is 5.99. The highest BCUT2D eigenvalue weighted by molar-refractivity contribution is 5.79. The van der Waals surface area contributed by atoms with Crippen molar-refractivity contribution in [2.45, 2.75) is 32.1 Å². The number of nitrogens with one attached hydrogen (secondary N) is 2. The SMILES string of the molecule is CN=C(NCCc1ccco1)NCCN1CCN(C(=O)C2CCCC2)CC1. The molecule has 1 aliphatic heterocycles. The van der Waals surface area contributed by atoms with Crippen LogP contribution in [0.15, 0.2) is 27.8 Å². The largest absolute Gasteiger partial charge is 0.469 e. The average molecular weight is 376 g/mol. The third-order valence-corrected chi connectivity index (χ3v) is 5.58. The van der Waals surface area contributed by atoms with Gasteiger partial charge < -0.3 is 20.0 Å². The van der Waals surface area contributed by atoms with Crippen LogP contribution >= 0.6 is 0 Å². The molecule has 1 saturated carbocycles. The molecule has 1 aromatic heterocycles. The Labute approximate surface area is 162 Å². The van der Waals surface area contributed by atoms with Crippen molar-refractivity contribution in [1.82, 2.24) is 20.4 Å². The molecule has 0 bridgehead atoms. The summed E-state index contributed by atoms with van der Waals surface area (Å²) in [7, 11) is 1.79. The number of rotatable bonds is 7. The van der Waals surface area contributed by atoms with Gasteiger partial charge in [0.1, 0.15) is 5.76 Å². The van der Waals surface area contributed by atoms with E-state index < -0.39 is 0 Å². The molecule has 0 radical (unpaired) electrons. The molecular formula is C20H33N5O2. The van der Waals surface area contributed by atoms with Crippen molar-refractivity contribution in [1.29, 1.82) is 0 Å². The first-order valence-electron chi connectivity index (χ1n) is 10.2. The van der Waals surface area contributed by atoms with E-state index in [1.54, 1.807) is 13.3 Å². The van der Waals surface area contributed by atoms with Gasteiger partial charge in [0, 0.05) is 65.2 Å². The summed E-state index contributed by atoms with van der Waals surface area (Å²) in [4.78, 5) is 21.3. The summed E-state index contributed by atoms with van der Waals surface area (Å²) < 4.78 is 5.33. The molecule has 0 spiro atoms. The number of guanidine groups is 1. The maximum atomic E-state index is 12.5. The second-order valence-corrected chi connectivity index (χ2v) is 7.40. The first-order valence-corrected chi connectivity index (χ1v) is 10.2. The van der Waals surface area contributed by atoms with E-state index in [9.17, 15) is 4.79 Å². The summed E-state index contributed by atoms with van der Waals surface area (Å²) >= 11 is 0. The molecule has 150 valence electrons. The third-order valence-electron chi connectivity index (χ3n) is 5.58. The molecule has 1 amide bonds. The zero-order valence-electron chi connectivity index (χ0n) is 16.5. The number of aliphatic imine (C=N–C) groups is 1. The van der Waals surface area contributed by atoms with Crippen LogP contribution in [0.3, 0.4) is 0 Å². The smallest absolute Gasteiger partial charge is 0.225 e. The number of furan rings is 1. The van der Waals surface area contributed by atoms with E-state index in [0.29, 0.717) is 11.8 Å². The first kappa shape index (κ1) is 19.7. The van der Waals surface area contributed by atoms with Gasteiger partial charge in [0.15, 0.2) is 5.96 Å². The van der Waals surface area contributed by atoms with Gasteiger partial charge in [-0.1, -0.05) is 12.8 Å². The average Bonchev–Trinajstić information content (AvgIpc) is 3.41. The topological polar surface area (TPSA) is 73.1 Å². The van der Waals surface area contributed by atoms with Crippen LogP contribution in [0.5, 0.6) is 0 Å². The number of carbonyl (C=O) groups excluding carboxylic acids is 1. The zero-order valence-corrected chi connectivity index (χ0v) is 16.5. The molecule has 1 aliphatic carbocycles. The summed E-state index contributed by atoms with van der Waals surface area (Å²) in [5.41, 5.74) is 0. The van der Waals surface area contributed by atoms with Gasteiger partial charge in [-0.15, -0.1) is 0 Å². The standard InChI is InChI=1S/C20H33N5O2/c1-21-20(22-9-8-18-7-4-16-27-18)23-10-11-24-12-14-25(15-13-24)19(26)17-5-2-3-6-17/h4,7,16-17H,2-3,5-6,8-15H2,1H3,(H2,21,22,23). The van der Waals surface area contributed by atoms with Crippen LogP contribution in [0, 0.1) is 5.92 Å². The minimum Gasteiger partial charge on any atom is -0.469 e. The van der Waals surface area contributed by atoms with E-state index >= 15 is 0 Å². The van der Waals surface area contributed by atoms with Gasteiger partial charge in [-0.2, -0.15) is 0 Å². The van der Waals surface area contributed by atoms with Gasteiger partial charge in [-0.05, 0) is 25.0 Å². The number of nitrogens with zero attached hydrogens (tertiary/aromatic N) is 3. The predicted octanol–water partition coefficient (Wildman–Crippen LogP) is 1.32. The summed E-state index contributed by atoms with van der Waals surface area (Å²) in [5.74, 6) is 2.49. The molecule has 2 fully saturated rings. The molecule has 2 N–H and O–H groups in total. The summed E-state index contributed by atoms with van der Waals surface area (Å²) in [6, 6.07) is 3.89. The molecule has 2 heterocycles. The fourth-order valence-electron chi connectivity index (χ4n) is 3.93. The number of carbonyl (C=O) groups is 1. The number of hydrogen-bond acceptors (Lipinski definition) is 4. The maximum absolute atomic E-state index is 12.5. The van der Waals surface area contributed by atoms with Crippen molar-refractivity contribution in [3.63, 3.8) is 0 Å². The number of amides is 1. The van der Waals surface area contributed by atoms with Crippen molar-refractivity contribution in [3.05, 3.63) is 24.2 Å². The highest BCUT2D eigenvalue weighted by atomic mass is 16.3. The van der Waals surface area contributed by atoms with Crippen molar-refractivity contribution >= 4 is 11.9 Å². The highest BCUT2D eigenvalue weighted by Gasteiger charge is 2.29. The monoisotopic (exact) mass is 375 g/mol. The Morgan fingerprint density at radius 3 is 2.59 bits per heavy atom. The molecule has 7 nitrogen and oxygen atoms in total. The van der Waals surface area contributed by atoms with Gasteiger partial charge in [-0.3, -0.25) is 14.7 Å². The van der Waals surface area contributed by atoms with Crippen LogP contribution in [0.4, 0.5) is 0 Å². The van der Waals surface area contributed by atoms with E-state index in [-0.39, 0.29) is 0 Å². The molecule has 0 atom stereocenters. The molecule has 0 aromatic carbocycles. The minimum absolute atomic E-state index is 0.300. The Bertz CT molecular complexity index is 588. The zero-order chi connectivity index (χ0) is 18.9. The first-order chi connectivity index (χ1) is 13.3. The second kappa shape index (κ2) is 10.3. The second-order valence-electron chi connectivity index (χ2n) is 7.40. The van der Waals surface area contributed by atoms with Crippen molar-refractivity contribution in [2.24, 2.45) is 10.9 Å². The van der Waals surface area contributed by atoms with Crippen molar-refractivity contribution in [2.75, 3.05) is 52.9 Å². The van der Waals surface area contributed by atoms with Gasteiger partial charge in [0.05, 0.1) is 6.26 Å². The Balaban J connectivity index is 1.28. The Hall–Kier alpha value is -2.02. The lowest BCUT2D eigenvalue weighted by atomic mass is 10.1. The summed E-state index contributed by atoms with van der Waals surface area (Å²) in [5, 5.41) is 6.67. The predicted molar refractivity (Wildman–Crippen MR) is 107 cm³/mol. The Morgan fingerprint density at radius 1 is 1.19 bits per heavy atom. The van der Waals surface area contributed by atoms with Crippen LogP contribution in [0.2, 0.25) is 0 Å². The van der Waals surface area contributed by atoms with Crippen molar-refractivity contribution in [3.8, 4) is 0 Å². The molecule has 1 saturated heterocycles. The number of piperazine rings is 1. The van der Waals surface area contributed by atoms with Crippen LogP contribution in [-0.2, 0) is 11.2 Å². The molecule has 3 rings (SSSR count). The van der Waals surface area contributed by atoms with E-state index in [4.69, 9.17) is 4.42 Å². The molecule has 2 aliphatic rings. The molecular weight excluding hydrogens is 342 g/mol. The molecule has 1 aromatic rings. The van der Waals surface area contributed by atoms with E-state index in [1.807, 2.05) is 12.1 Å². The highest BCUT2D eigenvalue weighted by Crippen LogP contribution is 2.26. The van der Waals surface area contributed by atoms with E-state index in [0.717, 1.165) is 76.8 Å². The molecule has 0 unspecified atom stereocenters. The number of hydrogen-bond donors (Lipinski definition) is 2. The fourth-order valence-corrected chi connectivity index (χ4v) is 3.93. The van der Waals surface area contributed by atoms with Gasteiger partial charge >= 0.3 is 0 Å². The van der Waals surface area contributed by atoms with E-state index in [1.165, 1.54) is 12.8 Å². The Morgan fingerprint density at radius 2 is 1.93 bits per heavy atom. The van der Waals surface area contributed by atoms with Gasteiger partial charge in [0.2, 0.25) is 5.91 Å². The quantitative estimate of drug-likeness (QED) is 0.556. The maximum Gasteiger partial charge on any atom is 0.225 e. The van der Waals surface area contributed by atoms with Crippen molar-refractivity contribution < 1.29 is 9.21 Å². The molecule has 27 heavy (non-hydrogen) atoms. The Kier molecular flexibility index (Phi) is 7.56.